The number of hydrogen-bond donors (Lipinski definition) is 0. The van der Waals surface area contributed by atoms with Gasteiger partial charge in [-0.3, -0.25) is 0 Å². The summed E-state index contributed by atoms with van der Waals surface area (Å²) in [6.45, 7) is 4.75. The molecule has 0 aliphatic heterocycles. The molecule has 1 aliphatic carbocycles. The highest BCUT2D eigenvalue weighted by atomic mass is 16.3. The summed E-state index contributed by atoms with van der Waals surface area (Å²) in [5.41, 5.74) is 17.3. The van der Waals surface area contributed by atoms with Gasteiger partial charge in [0.15, 0.2) is 0 Å². The predicted octanol–water partition coefficient (Wildman–Crippen LogP) is 17.8. The van der Waals surface area contributed by atoms with Crippen LogP contribution in [-0.2, 0) is 5.41 Å². The zero-order chi connectivity index (χ0) is 43.2. The highest BCUT2D eigenvalue weighted by Crippen LogP contribution is 2.54. The van der Waals surface area contributed by atoms with Crippen LogP contribution in [0.1, 0.15) is 25.0 Å². The van der Waals surface area contributed by atoms with E-state index in [0.29, 0.717) is 0 Å². The third kappa shape index (κ3) is 5.74. The molecule has 65 heavy (non-hydrogen) atoms. The first kappa shape index (κ1) is 37.4. The Morgan fingerprint density at radius 2 is 0.969 bits per heavy atom. The van der Waals surface area contributed by atoms with E-state index in [1.54, 1.807) is 0 Å². The van der Waals surface area contributed by atoms with Gasteiger partial charge in [-0.05, 0) is 126 Å². The Morgan fingerprint density at radius 3 is 1.82 bits per heavy atom. The third-order valence-corrected chi connectivity index (χ3v) is 14.1. The molecule has 13 rings (SSSR count). The van der Waals surface area contributed by atoms with Crippen LogP contribution in [0.4, 0.5) is 17.1 Å². The molecule has 0 atom stereocenters. The molecule has 0 amide bonds. The van der Waals surface area contributed by atoms with Crippen molar-refractivity contribution in [3.8, 4) is 44.5 Å². The number of fused-ring (bicyclic) bond motifs is 10. The number of benzene rings is 11. The van der Waals surface area contributed by atoms with Crippen molar-refractivity contribution in [2.24, 2.45) is 0 Å². The highest BCUT2D eigenvalue weighted by Gasteiger charge is 2.36. The van der Waals surface area contributed by atoms with Gasteiger partial charge < -0.3 is 9.32 Å². The molecule has 0 saturated heterocycles. The minimum atomic E-state index is -0.186. The normalized spacial score (nSPS) is 12.9. The number of para-hydroxylation sites is 1. The summed E-state index contributed by atoms with van der Waals surface area (Å²) in [4.78, 5) is 2.55. The molecule has 1 heterocycles. The van der Waals surface area contributed by atoms with Crippen LogP contribution in [0.2, 0.25) is 0 Å². The standard InChI is InChI=1S/C63H43NO/c1-63(2)56-28-14-12-24-50(56)51-33-32-43(39-57(51)63)64(58-35-34-45(40-17-4-3-5-18-40)48-22-10-11-25-52(48)58)59-29-16-27-46(42-31-36-61-54(37-42)53-26-13-15-30-60(53)65-61)62(59)55-38-41-19-6-7-20-44(41)47-21-8-9-23-49(47)55/h3-39H,1-2H3. The fourth-order valence-corrected chi connectivity index (χ4v) is 11.0. The van der Waals surface area contributed by atoms with Crippen molar-refractivity contribution < 1.29 is 4.42 Å². The molecule has 11 aromatic carbocycles. The lowest BCUT2D eigenvalue weighted by molar-refractivity contribution is 0.660. The monoisotopic (exact) mass is 829 g/mol. The maximum Gasteiger partial charge on any atom is 0.135 e. The van der Waals surface area contributed by atoms with Gasteiger partial charge in [-0.2, -0.15) is 0 Å². The number of hydrogen-bond acceptors (Lipinski definition) is 2. The zero-order valence-electron chi connectivity index (χ0n) is 36.2. The summed E-state index contributed by atoms with van der Waals surface area (Å²) in [5, 5.41) is 9.52. The van der Waals surface area contributed by atoms with Crippen LogP contribution in [0.3, 0.4) is 0 Å². The van der Waals surface area contributed by atoms with E-state index in [4.69, 9.17) is 4.42 Å². The van der Waals surface area contributed by atoms with Gasteiger partial charge in [0.2, 0.25) is 0 Å². The Hall–Kier alpha value is -8.20. The quantitative estimate of drug-likeness (QED) is 0.155. The van der Waals surface area contributed by atoms with Crippen LogP contribution in [0.25, 0.3) is 98.8 Å². The minimum absolute atomic E-state index is 0.186. The van der Waals surface area contributed by atoms with Gasteiger partial charge in [0.05, 0.1) is 11.4 Å². The summed E-state index contributed by atoms with van der Waals surface area (Å²) >= 11 is 0. The Balaban J connectivity index is 1.16. The molecular weight excluding hydrogens is 787 g/mol. The Bertz CT molecular complexity index is 3870. The van der Waals surface area contributed by atoms with Gasteiger partial charge >= 0.3 is 0 Å². The summed E-state index contributed by atoms with van der Waals surface area (Å²) in [5.74, 6) is 0. The van der Waals surface area contributed by atoms with Gasteiger partial charge in [-0.25, -0.2) is 0 Å². The second-order valence-corrected chi connectivity index (χ2v) is 18.0. The molecule has 1 aromatic heterocycles. The van der Waals surface area contributed by atoms with Crippen molar-refractivity contribution in [1.29, 1.82) is 0 Å². The van der Waals surface area contributed by atoms with Crippen molar-refractivity contribution in [1.82, 2.24) is 0 Å². The molecule has 0 radical (unpaired) electrons. The SMILES string of the molecule is CC1(C)c2ccccc2-c2ccc(N(c3cccc(-c4ccc5oc6ccccc6c5c4)c3-c3cc4ccccc4c4ccccc34)c3ccc(-c4ccccc4)c4ccccc34)cc21. The number of furan rings is 1. The second kappa shape index (κ2) is 14.4. The molecule has 0 unspecified atom stereocenters. The molecule has 2 nitrogen and oxygen atoms in total. The van der Waals surface area contributed by atoms with Gasteiger partial charge in [-0.15, -0.1) is 0 Å². The largest absolute Gasteiger partial charge is 0.456 e. The highest BCUT2D eigenvalue weighted by molar-refractivity contribution is 6.18. The smallest absolute Gasteiger partial charge is 0.135 e. The van der Waals surface area contributed by atoms with Crippen molar-refractivity contribution >= 4 is 71.3 Å². The second-order valence-electron chi connectivity index (χ2n) is 18.0. The van der Waals surface area contributed by atoms with Gasteiger partial charge in [-0.1, -0.05) is 190 Å². The van der Waals surface area contributed by atoms with Crippen molar-refractivity contribution in [3.63, 3.8) is 0 Å². The predicted molar refractivity (Wildman–Crippen MR) is 275 cm³/mol. The maximum atomic E-state index is 6.39. The summed E-state index contributed by atoms with van der Waals surface area (Å²) < 4.78 is 6.39. The van der Waals surface area contributed by atoms with E-state index in [0.717, 1.165) is 50.1 Å². The Morgan fingerprint density at radius 1 is 0.338 bits per heavy atom. The van der Waals surface area contributed by atoms with Crippen molar-refractivity contribution in [2.75, 3.05) is 4.90 Å². The average Bonchev–Trinajstić information content (AvgIpc) is 3.85. The summed E-state index contributed by atoms with van der Waals surface area (Å²) in [6, 6.07) is 82.6. The third-order valence-electron chi connectivity index (χ3n) is 14.1. The molecule has 306 valence electrons. The molecular formula is C63H43NO. The van der Waals surface area contributed by atoms with E-state index in [1.807, 2.05) is 6.07 Å². The lowest BCUT2D eigenvalue weighted by atomic mass is 9.82. The van der Waals surface area contributed by atoms with Crippen LogP contribution in [-0.4, -0.2) is 0 Å². The minimum Gasteiger partial charge on any atom is -0.456 e. The average molecular weight is 830 g/mol. The van der Waals surface area contributed by atoms with E-state index >= 15 is 0 Å². The molecule has 2 heteroatoms. The first-order valence-electron chi connectivity index (χ1n) is 22.6. The molecule has 0 spiro atoms. The van der Waals surface area contributed by atoms with Gasteiger partial charge in [0.1, 0.15) is 11.2 Å². The number of anilines is 3. The molecule has 0 saturated carbocycles. The summed E-state index contributed by atoms with van der Waals surface area (Å²) in [7, 11) is 0. The number of rotatable bonds is 6. The lowest BCUT2D eigenvalue weighted by Gasteiger charge is -2.32. The first-order chi connectivity index (χ1) is 32.0. The van der Waals surface area contributed by atoms with E-state index in [9.17, 15) is 0 Å². The van der Waals surface area contributed by atoms with E-state index < -0.39 is 0 Å². The summed E-state index contributed by atoms with van der Waals surface area (Å²) in [6.07, 6.45) is 0. The van der Waals surface area contributed by atoms with Crippen molar-refractivity contribution in [2.45, 2.75) is 19.3 Å². The fourth-order valence-electron chi connectivity index (χ4n) is 11.0. The van der Waals surface area contributed by atoms with Crippen LogP contribution >= 0.6 is 0 Å². The first-order valence-corrected chi connectivity index (χ1v) is 22.6. The zero-order valence-corrected chi connectivity index (χ0v) is 36.2. The van der Waals surface area contributed by atoms with Crippen LogP contribution in [0.5, 0.6) is 0 Å². The molecule has 0 N–H and O–H groups in total. The van der Waals surface area contributed by atoms with E-state index in [2.05, 4.69) is 237 Å². The number of nitrogens with zero attached hydrogens (tertiary/aromatic N) is 1. The van der Waals surface area contributed by atoms with Crippen LogP contribution in [0.15, 0.2) is 229 Å². The van der Waals surface area contributed by atoms with E-state index in [-0.39, 0.29) is 5.41 Å². The molecule has 1 aliphatic rings. The van der Waals surface area contributed by atoms with Crippen molar-refractivity contribution in [3.05, 3.63) is 236 Å². The molecule has 0 fully saturated rings. The topological polar surface area (TPSA) is 16.4 Å². The van der Waals surface area contributed by atoms with Gasteiger partial charge in [0, 0.05) is 32.8 Å². The Kier molecular flexibility index (Phi) is 8.29. The fraction of sp³-hybridized carbons (Fsp3) is 0.0476. The van der Waals surface area contributed by atoms with E-state index in [1.165, 1.54) is 76.8 Å². The molecule has 12 aromatic rings. The lowest BCUT2D eigenvalue weighted by Crippen LogP contribution is -2.17. The van der Waals surface area contributed by atoms with Gasteiger partial charge in [0.25, 0.3) is 0 Å². The maximum absolute atomic E-state index is 6.39. The van der Waals surface area contributed by atoms with Crippen LogP contribution < -0.4 is 4.90 Å². The molecule has 0 bridgehead atoms. The Labute approximate surface area is 378 Å². The van der Waals surface area contributed by atoms with Crippen LogP contribution in [0, 0.1) is 0 Å².